The van der Waals surface area contributed by atoms with Crippen molar-refractivity contribution in [2.45, 2.75) is 64.2 Å². The predicted molar refractivity (Wildman–Crippen MR) is 150 cm³/mol. The number of nitrogens with zero attached hydrogens (tertiary/aromatic N) is 2. The first kappa shape index (κ1) is 26.5. The van der Waals surface area contributed by atoms with E-state index >= 15 is 0 Å². The Kier molecular flexibility index (Phi) is 10.2. The molecular weight excluding hydrogens is 537 g/mol. The summed E-state index contributed by atoms with van der Waals surface area (Å²) in [6, 6.07) is 19.7. The lowest BCUT2D eigenvalue weighted by molar-refractivity contribution is -0.122. The first-order valence-corrected chi connectivity index (χ1v) is 12.3. The maximum atomic E-state index is 12.2. The lowest BCUT2D eigenvalue weighted by Gasteiger charge is -2.38. The van der Waals surface area contributed by atoms with Gasteiger partial charge in [0.25, 0.3) is 0 Å². The van der Waals surface area contributed by atoms with Gasteiger partial charge in [-0.1, -0.05) is 48.9 Å². The predicted octanol–water partition coefficient (Wildman–Crippen LogP) is 4.76. The fourth-order valence-electron chi connectivity index (χ4n) is 4.65. The van der Waals surface area contributed by atoms with Crippen molar-refractivity contribution in [2.75, 3.05) is 18.9 Å². The number of aliphatic imine (C=N–C) groups is 1. The van der Waals surface area contributed by atoms with Gasteiger partial charge in [-0.25, -0.2) is 0 Å². The molecule has 1 saturated heterocycles. The number of anilines is 1. The van der Waals surface area contributed by atoms with E-state index < -0.39 is 0 Å². The summed E-state index contributed by atoms with van der Waals surface area (Å²) in [6.45, 7) is 5.06. The molecule has 2 aromatic carbocycles. The van der Waals surface area contributed by atoms with E-state index in [1.54, 1.807) is 0 Å². The van der Waals surface area contributed by atoms with Gasteiger partial charge in [-0.15, -0.1) is 24.0 Å². The van der Waals surface area contributed by atoms with Gasteiger partial charge in [-0.2, -0.15) is 0 Å². The molecule has 2 fully saturated rings. The van der Waals surface area contributed by atoms with Crippen LogP contribution in [0.5, 0.6) is 0 Å². The molecule has 0 radical (unpaired) electrons. The van der Waals surface area contributed by atoms with Crippen molar-refractivity contribution in [3.8, 4) is 0 Å². The highest BCUT2D eigenvalue weighted by molar-refractivity contribution is 14.0. The van der Waals surface area contributed by atoms with Crippen LogP contribution in [0.1, 0.15) is 50.2 Å². The number of carbonyl (C=O) groups excluding carboxylic acids is 1. The van der Waals surface area contributed by atoms with Crippen LogP contribution in [0.2, 0.25) is 0 Å². The zero-order valence-electron chi connectivity index (χ0n) is 20.3. The smallest absolute Gasteiger partial charge is 0.227 e. The number of carbonyl (C=O) groups is 1. The molecule has 34 heavy (non-hydrogen) atoms. The van der Waals surface area contributed by atoms with Crippen molar-refractivity contribution in [1.29, 1.82) is 0 Å². The molecular formula is C27H38IN5O. The first-order chi connectivity index (χ1) is 16.1. The molecule has 2 atom stereocenters. The third-order valence-corrected chi connectivity index (χ3v) is 6.94. The van der Waals surface area contributed by atoms with Gasteiger partial charge >= 0.3 is 0 Å². The van der Waals surface area contributed by atoms with Crippen LogP contribution in [0.15, 0.2) is 59.6 Å². The van der Waals surface area contributed by atoms with Gasteiger partial charge < -0.3 is 16.0 Å². The van der Waals surface area contributed by atoms with Crippen LogP contribution < -0.4 is 16.0 Å². The highest BCUT2D eigenvalue weighted by Gasteiger charge is 2.26. The number of hydrogen-bond donors (Lipinski definition) is 3. The minimum absolute atomic E-state index is 0. The Labute approximate surface area is 221 Å². The Morgan fingerprint density at radius 1 is 1.06 bits per heavy atom. The van der Waals surface area contributed by atoms with Crippen molar-refractivity contribution in [2.24, 2.45) is 10.9 Å². The van der Waals surface area contributed by atoms with Gasteiger partial charge in [0, 0.05) is 50.4 Å². The Morgan fingerprint density at radius 3 is 2.50 bits per heavy atom. The van der Waals surface area contributed by atoms with Crippen molar-refractivity contribution >= 4 is 41.5 Å². The molecule has 6 nitrogen and oxygen atoms in total. The Balaban J connectivity index is 0.00000324. The maximum Gasteiger partial charge on any atom is 0.227 e. The number of hydrogen-bond acceptors (Lipinski definition) is 3. The zero-order chi connectivity index (χ0) is 23.0. The second kappa shape index (κ2) is 13.1. The number of rotatable bonds is 7. The molecule has 0 bridgehead atoms. The molecule has 7 heteroatoms. The van der Waals surface area contributed by atoms with Gasteiger partial charge in [0.1, 0.15) is 0 Å². The number of likely N-dealkylation sites (tertiary alicyclic amines) is 1. The van der Waals surface area contributed by atoms with E-state index in [0.717, 1.165) is 56.0 Å². The molecule has 2 unspecified atom stereocenters. The summed E-state index contributed by atoms with van der Waals surface area (Å²) in [5, 5.41) is 10.1. The minimum Gasteiger partial charge on any atom is -0.354 e. The third kappa shape index (κ3) is 7.43. The highest BCUT2D eigenvalue weighted by Crippen LogP contribution is 2.27. The van der Waals surface area contributed by atoms with Crippen LogP contribution in [0.25, 0.3) is 0 Å². The summed E-state index contributed by atoms with van der Waals surface area (Å²) in [5.41, 5.74) is 3.36. The summed E-state index contributed by atoms with van der Waals surface area (Å²) in [5.74, 6) is 1.17. The van der Waals surface area contributed by atoms with Crippen LogP contribution in [0.3, 0.4) is 0 Å². The van der Waals surface area contributed by atoms with Gasteiger partial charge in [0.15, 0.2) is 5.96 Å². The third-order valence-electron chi connectivity index (χ3n) is 6.94. The van der Waals surface area contributed by atoms with E-state index in [9.17, 15) is 4.79 Å². The van der Waals surface area contributed by atoms with Crippen molar-refractivity contribution in [1.82, 2.24) is 15.5 Å². The van der Waals surface area contributed by atoms with Gasteiger partial charge in [-0.3, -0.25) is 14.7 Å². The largest absolute Gasteiger partial charge is 0.354 e. The van der Waals surface area contributed by atoms with Crippen molar-refractivity contribution in [3.05, 3.63) is 65.7 Å². The number of guanidine groups is 1. The molecule has 2 aromatic rings. The normalized spacial score (nSPS) is 21.2. The molecule has 0 spiro atoms. The summed E-state index contributed by atoms with van der Waals surface area (Å²) in [4.78, 5) is 19.2. The molecule has 4 rings (SSSR count). The van der Waals surface area contributed by atoms with E-state index in [1.165, 1.54) is 12.0 Å². The second-order valence-corrected chi connectivity index (χ2v) is 9.41. The molecule has 2 aliphatic rings. The molecule has 184 valence electrons. The van der Waals surface area contributed by atoms with Gasteiger partial charge in [-0.05, 0) is 55.9 Å². The zero-order valence-corrected chi connectivity index (χ0v) is 22.6. The molecule has 1 saturated carbocycles. The van der Waals surface area contributed by atoms with Crippen LogP contribution in [-0.4, -0.2) is 42.4 Å². The fraction of sp³-hybridized carbons (Fsp3) is 0.481. The summed E-state index contributed by atoms with van der Waals surface area (Å²) in [7, 11) is 1.82. The topological polar surface area (TPSA) is 68.8 Å². The Morgan fingerprint density at radius 2 is 1.82 bits per heavy atom. The standard InChI is InChI=1S/C27H37N5O.HI/c1-20-16-25(14-15-32(20)19-21-8-4-3-5-9-21)31-27(28-2)29-18-22-10-6-13-24(17-22)30-26(33)23-11-7-12-23;/h3-6,8-10,13,17,20,23,25H,7,11-12,14-16,18-19H2,1-2H3,(H,30,33)(H2,28,29,31);1H. The Bertz CT molecular complexity index is 947. The lowest BCUT2D eigenvalue weighted by Crippen LogP contribution is -2.51. The van der Waals surface area contributed by atoms with Gasteiger partial charge in [0.2, 0.25) is 5.91 Å². The first-order valence-electron chi connectivity index (χ1n) is 12.3. The molecule has 1 aliphatic carbocycles. The minimum atomic E-state index is 0. The SMILES string of the molecule is CN=C(NCc1cccc(NC(=O)C2CCC2)c1)NC1CCN(Cc2ccccc2)C(C)C1.I. The number of benzene rings is 2. The fourth-order valence-corrected chi connectivity index (χ4v) is 4.65. The van der Waals surface area contributed by atoms with E-state index in [2.05, 4.69) is 69.2 Å². The highest BCUT2D eigenvalue weighted by atomic mass is 127. The monoisotopic (exact) mass is 575 g/mol. The molecule has 3 N–H and O–H groups in total. The van der Waals surface area contributed by atoms with E-state index in [1.807, 2.05) is 25.2 Å². The number of amides is 1. The quantitative estimate of drug-likeness (QED) is 0.253. The van der Waals surface area contributed by atoms with E-state index in [4.69, 9.17) is 0 Å². The lowest BCUT2D eigenvalue weighted by atomic mass is 9.85. The van der Waals surface area contributed by atoms with Crippen LogP contribution >= 0.6 is 24.0 Å². The molecule has 1 heterocycles. The van der Waals surface area contributed by atoms with Gasteiger partial charge in [0.05, 0.1) is 0 Å². The molecule has 0 aromatic heterocycles. The number of halogens is 1. The number of nitrogens with one attached hydrogen (secondary N) is 3. The summed E-state index contributed by atoms with van der Waals surface area (Å²) >= 11 is 0. The average Bonchev–Trinajstić information content (AvgIpc) is 2.78. The Hall–Kier alpha value is -2.13. The molecule has 1 aliphatic heterocycles. The van der Waals surface area contributed by atoms with Crippen molar-refractivity contribution in [3.63, 3.8) is 0 Å². The van der Waals surface area contributed by atoms with Crippen LogP contribution in [0.4, 0.5) is 5.69 Å². The summed E-state index contributed by atoms with van der Waals surface area (Å²) < 4.78 is 0. The number of piperidine rings is 1. The maximum absolute atomic E-state index is 12.2. The van der Waals surface area contributed by atoms with Crippen LogP contribution in [-0.2, 0) is 17.9 Å². The molecule has 1 amide bonds. The van der Waals surface area contributed by atoms with Crippen LogP contribution in [0, 0.1) is 5.92 Å². The average molecular weight is 576 g/mol. The second-order valence-electron chi connectivity index (χ2n) is 9.41. The van der Waals surface area contributed by atoms with Crippen molar-refractivity contribution < 1.29 is 4.79 Å². The summed E-state index contributed by atoms with van der Waals surface area (Å²) in [6.07, 6.45) is 5.38. The van der Waals surface area contributed by atoms with E-state index in [0.29, 0.717) is 18.6 Å². The van der Waals surface area contributed by atoms with E-state index in [-0.39, 0.29) is 35.8 Å².